The number of hydrogen-bond acceptors (Lipinski definition) is 4. The van der Waals surface area contributed by atoms with Gasteiger partial charge in [0.05, 0.1) is 12.7 Å². The van der Waals surface area contributed by atoms with Crippen molar-refractivity contribution >= 4 is 5.91 Å². The summed E-state index contributed by atoms with van der Waals surface area (Å²) in [6.07, 6.45) is 8.90. The van der Waals surface area contributed by atoms with Crippen molar-refractivity contribution in [3.8, 4) is 0 Å². The van der Waals surface area contributed by atoms with Crippen LogP contribution in [0.4, 0.5) is 0 Å². The maximum Gasteiger partial charge on any atom is 0.272 e. The Bertz CT molecular complexity index is 899. The standard InChI is InChI=1S/C27H34N2O3.C2H6/c30-25(22-4-2-1-3-5-22)23-8-6-20(17-23)16-21-7-9-24(28-18-21)26(31)29-13-10-27(11-14-29)12-15-32-19-27;1-2/h1-5,7,9,18,20,23,25,30H,6,8,10-17,19H2;1-2H3/t20-,23-,25+;/m0./s1. The summed E-state index contributed by atoms with van der Waals surface area (Å²) >= 11 is 0. The minimum absolute atomic E-state index is 0.0530. The number of aliphatic hydroxyl groups is 1. The second-order valence-corrected chi connectivity index (χ2v) is 10.1. The molecule has 5 nitrogen and oxygen atoms in total. The molecule has 3 fully saturated rings. The summed E-state index contributed by atoms with van der Waals surface area (Å²) in [4.78, 5) is 19.4. The summed E-state index contributed by atoms with van der Waals surface area (Å²) in [7, 11) is 0. The maximum atomic E-state index is 12.9. The van der Waals surface area contributed by atoms with Gasteiger partial charge in [-0.15, -0.1) is 0 Å². The van der Waals surface area contributed by atoms with Crippen molar-refractivity contribution in [1.82, 2.24) is 9.88 Å². The van der Waals surface area contributed by atoms with E-state index in [1.54, 1.807) is 0 Å². The lowest BCUT2D eigenvalue weighted by Crippen LogP contribution is -2.43. The Morgan fingerprint density at radius 2 is 1.88 bits per heavy atom. The molecule has 1 N–H and O–H groups in total. The number of rotatable bonds is 5. The number of carbonyl (C=O) groups excluding carboxylic acids is 1. The molecule has 0 unspecified atom stereocenters. The van der Waals surface area contributed by atoms with Crippen molar-refractivity contribution < 1.29 is 14.6 Å². The number of amides is 1. The highest BCUT2D eigenvalue weighted by molar-refractivity contribution is 5.92. The number of carbonyl (C=O) groups is 1. The number of aromatic nitrogens is 1. The fourth-order valence-corrected chi connectivity index (χ4v) is 5.90. The SMILES string of the molecule is CC.O=C(c1ccc(C[C@@H]2CC[C@H]([C@H](O)c3ccccc3)C2)cn1)N1CCC2(CCOC2)CC1. The molecule has 5 heteroatoms. The zero-order valence-electron chi connectivity index (χ0n) is 20.8. The third-order valence-corrected chi connectivity index (χ3v) is 8.03. The lowest BCUT2D eigenvalue weighted by atomic mass is 9.78. The maximum absolute atomic E-state index is 12.9. The van der Waals surface area contributed by atoms with Crippen molar-refractivity contribution in [2.75, 3.05) is 26.3 Å². The second-order valence-electron chi connectivity index (χ2n) is 10.1. The highest BCUT2D eigenvalue weighted by atomic mass is 16.5. The highest BCUT2D eigenvalue weighted by Gasteiger charge is 2.39. The van der Waals surface area contributed by atoms with E-state index in [9.17, 15) is 9.90 Å². The third-order valence-electron chi connectivity index (χ3n) is 8.03. The molecule has 1 spiro atoms. The predicted molar refractivity (Wildman–Crippen MR) is 135 cm³/mol. The molecule has 184 valence electrons. The first-order chi connectivity index (χ1) is 16.6. The molecule has 3 aliphatic rings. The van der Waals surface area contributed by atoms with Crippen LogP contribution in [-0.4, -0.2) is 47.2 Å². The Kier molecular flexibility index (Phi) is 8.38. The fourth-order valence-electron chi connectivity index (χ4n) is 5.90. The highest BCUT2D eigenvalue weighted by Crippen LogP contribution is 2.41. The predicted octanol–water partition coefficient (Wildman–Crippen LogP) is 5.44. The quantitative estimate of drug-likeness (QED) is 0.640. The normalized spacial score (nSPS) is 24.5. The number of hydrogen-bond donors (Lipinski definition) is 1. The van der Waals surface area contributed by atoms with Gasteiger partial charge in [0, 0.05) is 25.9 Å². The molecule has 3 atom stereocenters. The summed E-state index contributed by atoms with van der Waals surface area (Å²) in [5, 5.41) is 10.7. The molecule has 5 rings (SSSR count). The van der Waals surface area contributed by atoms with Crippen LogP contribution in [0.25, 0.3) is 0 Å². The average molecular weight is 465 g/mol. The third kappa shape index (κ3) is 5.69. The molecule has 34 heavy (non-hydrogen) atoms. The van der Waals surface area contributed by atoms with Crippen LogP contribution < -0.4 is 0 Å². The molecule has 1 saturated carbocycles. The van der Waals surface area contributed by atoms with Crippen LogP contribution in [0.5, 0.6) is 0 Å². The van der Waals surface area contributed by atoms with Gasteiger partial charge in [-0.05, 0) is 79.4 Å². The first-order valence-electron chi connectivity index (χ1n) is 13.2. The van der Waals surface area contributed by atoms with Gasteiger partial charge in [-0.2, -0.15) is 0 Å². The Hall–Kier alpha value is -2.24. The Morgan fingerprint density at radius 1 is 1.12 bits per heavy atom. The molecule has 0 bridgehead atoms. The Morgan fingerprint density at radius 3 is 2.53 bits per heavy atom. The average Bonchev–Trinajstić information content (AvgIpc) is 3.56. The van der Waals surface area contributed by atoms with E-state index in [0.717, 1.165) is 76.8 Å². The summed E-state index contributed by atoms with van der Waals surface area (Å²) in [6.45, 7) is 7.33. The molecule has 2 aliphatic heterocycles. The van der Waals surface area contributed by atoms with E-state index < -0.39 is 0 Å². The second kappa shape index (κ2) is 11.5. The molecule has 1 aromatic heterocycles. The molecular formula is C29H40N2O3. The first-order valence-corrected chi connectivity index (χ1v) is 13.2. The molecule has 1 aromatic carbocycles. The first kappa shape index (κ1) is 24.9. The van der Waals surface area contributed by atoms with E-state index >= 15 is 0 Å². The van der Waals surface area contributed by atoms with Crippen molar-refractivity contribution in [3.05, 3.63) is 65.5 Å². The molecule has 1 amide bonds. The molecule has 2 saturated heterocycles. The summed E-state index contributed by atoms with van der Waals surface area (Å²) in [5.41, 5.74) is 3.06. The van der Waals surface area contributed by atoms with Crippen LogP contribution in [0.2, 0.25) is 0 Å². The van der Waals surface area contributed by atoms with Crippen LogP contribution >= 0.6 is 0 Å². The number of aliphatic hydroxyl groups excluding tert-OH is 1. The van der Waals surface area contributed by atoms with Crippen LogP contribution in [0.3, 0.4) is 0 Å². The van der Waals surface area contributed by atoms with Crippen LogP contribution in [0.1, 0.15) is 80.1 Å². The van der Waals surface area contributed by atoms with Gasteiger partial charge in [-0.1, -0.05) is 50.2 Å². The molecule has 0 radical (unpaired) electrons. The van der Waals surface area contributed by atoms with Gasteiger partial charge in [0.2, 0.25) is 0 Å². The summed E-state index contributed by atoms with van der Waals surface area (Å²) in [5.74, 6) is 0.940. The van der Waals surface area contributed by atoms with Crippen molar-refractivity contribution in [1.29, 1.82) is 0 Å². The van der Waals surface area contributed by atoms with Crippen molar-refractivity contribution in [2.45, 2.75) is 64.9 Å². The summed E-state index contributed by atoms with van der Waals surface area (Å²) in [6, 6.07) is 14.0. The lowest BCUT2D eigenvalue weighted by molar-refractivity contribution is 0.0527. The van der Waals surface area contributed by atoms with E-state index in [4.69, 9.17) is 4.74 Å². The number of pyridine rings is 1. The van der Waals surface area contributed by atoms with Gasteiger partial charge >= 0.3 is 0 Å². The number of piperidine rings is 1. The molecular weight excluding hydrogens is 424 g/mol. The van der Waals surface area contributed by atoms with E-state index in [1.165, 1.54) is 5.56 Å². The van der Waals surface area contributed by atoms with E-state index in [2.05, 4.69) is 11.1 Å². The van der Waals surface area contributed by atoms with Gasteiger partial charge in [0.15, 0.2) is 0 Å². The molecule has 2 aromatic rings. The Balaban J connectivity index is 0.00000133. The molecule has 1 aliphatic carbocycles. The lowest BCUT2D eigenvalue weighted by Gasteiger charge is -2.38. The number of likely N-dealkylation sites (tertiary alicyclic amines) is 1. The van der Waals surface area contributed by atoms with Gasteiger partial charge < -0.3 is 14.7 Å². The van der Waals surface area contributed by atoms with E-state index in [-0.39, 0.29) is 12.0 Å². The van der Waals surface area contributed by atoms with E-state index in [1.807, 2.05) is 61.3 Å². The van der Waals surface area contributed by atoms with Gasteiger partial charge in [0.25, 0.3) is 5.91 Å². The number of ether oxygens (including phenoxy) is 1. The monoisotopic (exact) mass is 464 g/mol. The van der Waals surface area contributed by atoms with E-state index in [0.29, 0.717) is 22.9 Å². The van der Waals surface area contributed by atoms with Crippen molar-refractivity contribution in [2.24, 2.45) is 17.3 Å². The Labute approximate surface area is 204 Å². The fraction of sp³-hybridized carbons (Fsp3) is 0.586. The molecule has 3 heterocycles. The summed E-state index contributed by atoms with van der Waals surface area (Å²) < 4.78 is 5.60. The zero-order chi connectivity index (χ0) is 24.0. The van der Waals surface area contributed by atoms with Gasteiger partial charge in [-0.25, -0.2) is 0 Å². The van der Waals surface area contributed by atoms with Gasteiger partial charge in [0.1, 0.15) is 5.69 Å². The smallest absolute Gasteiger partial charge is 0.272 e. The minimum Gasteiger partial charge on any atom is -0.388 e. The van der Waals surface area contributed by atoms with Crippen LogP contribution in [0, 0.1) is 17.3 Å². The topological polar surface area (TPSA) is 62.7 Å². The largest absolute Gasteiger partial charge is 0.388 e. The number of nitrogens with zero attached hydrogens (tertiary/aromatic N) is 2. The van der Waals surface area contributed by atoms with Crippen LogP contribution in [0.15, 0.2) is 48.7 Å². The van der Waals surface area contributed by atoms with Crippen LogP contribution in [-0.2, 0) is 11.2 Å². The minimum atomic E-state index is -0.376. The number of benzene rings is 1. The van der Waals surface area contributed by atoms with Gasteiger partial charge in [-0.3, -0.25) is 9.78 Å². The van der Waals surface area contributed by atoms with Crippen molar-refractivity contribution in [3.63, 3.8) is 0 Å². The zero-order valence-corrected chi connectivity index (χ0v) is 20.8.